The summed E-state index contributed by atoms with van der Waals surface area (Å²) in [6, 6.07) is 0.203. The predicted octanol–water partition coefficient (Wildman–Crippen LogP) is 4.26. The van der Waals surface area contributed by atoms with Crippen LogP contribution in [0.3, 0.4) is 0 Å². The highest BCUT2D eigenvalue weighted by Crippen LogP contribution is 2.45. The van der Waals surface area contributed by atoms with Gasteiger partial charge in [-0.05, 0) is 130 Å². The van der Waals surface area contributed by atoms with Crippen molar-refractivity contribution >= 4 is 102 Å². The number of nitrogens with zero attached hydrogens (tertiary/aromatic N) is 3. The Morgan fingerprint density at radius 3 is 1.22 bits per heavy atom. The molecule has 20 atom stereocenters. The van der Waals surface area contributed by atoms with Crippen LogP contribution in [0.1, 0.15) is 38.3 Å². The molecule has 10 heterocycles. The van der Waals surface area contributed by atoms with Crippen LogP contribution in [0.15, 0.2) is 119 Å². The lowest BCUT2D eigenvalue weighted by Gasteiger charge is -2.33. The number of methoxy groups -OCH3 is 3. The van der Waals surface area contributed by atoms with E-state index >= 15 is 0 Å². The summed E-state index contributed by atoms with van der Waals surface area (Å²) in [5.41, 5.74) is 2.11. The van der Waals surface area contributed by atoms with E-state index in [1.165, 1.54) is 49.5 Å². The summed E-state index contributed by atoms with van der Waals surface area (Å²) in [5.74, 6) is 0.186. The summed E-state index contributed by atoms with van der Waals surface area (Å²) in [7, 11) is 5.96. The number of halogens is 2. The van der Waals surface area contributed by atoms with Crippen LogP contribution in [0.2, 0.25) is 0 Å². The summed E-state index contributed by atoms with van der Waals surface area (Å²) in [5, 5.41) is 68.9. The molecule has 1 aromatic rings. The van der Waals surface area contributed by atoms with E-state index in [0.29, 0.717) is 52.5 Å². The lowest BCUT2D eigenvalue weighted by molar-refractivity contribution is -0.118. The fourth-order valence-corrected chi connectivity index (χ4v) is 18.0. The van der Waals surface area contributed by atoms with E-state index in [0.717, 1.165) is 54.6 Å². The highest BCUT2D eigenvalue weighted by Gasteiger charge is 2.51. The molecule has 0 radical (unpaired) electrons. The Bertz CT molecular complexity index is 3910. The van der Waals surface area contributed by atoms with Crippen molar-refractivity contribution < 1.29 is 87.0 Å². The van der Waals surface area contributed by atoms with E-state index in [2.05, 4.69) is 162 Å². The molecule has 0 spiro atoms. The van der Waals surface area contributed by atoms with E-state index in [1.807, 2.05) is 0 Å². The zero-order valence-electron chi connectivity index (χ0n) is 65.3. The Balaban J connectivity index is 0.000000213. The highest BCUT2D eigenvalue weighted by atomic mass is 35.5. The number of ether oxygens (including phenoxy) is 8. The average Bonchev–Trinajstić information content (AvgIpc) is 1.70. The van der Waals surface area contributed by atoms with Gasteiger partial charge in [0, 0.05) is 105 Å². The van der Waals surface area contributed by atoms with E-state index in [1.54, 1.807) is 31.5 Å². The van der Waals surface area contributed by atoms with Gasteiger partial charge in [-0.15, -0.1) is 77.5 Å². The SMILES string of the molecule is C=C1NC(=O)C=CN1C1O[C@H](CCP(=C)(C)C)[C@@H](O)[C@H]1OC.C=C1NC(=O)NC=C1C1O[C@H](CCP(=C)(C)C)[C@@H](O)[C@H]1Cl.C=C1NC(=O)NC=C1C1O[C@H](CCP(=C)(C)C)[C@@H](O)[C@H]1F.C=C1NC(=O)NC=C1C1O[C@H](CCP(=C)(C)C)[C@@H](O)[C@H]1OC.C=P(C)(C)CC[C@H]1OC(n2ccc(=O)n(C)c2=O)[C@H](OC)[C@@H]1O. The number of aromatic nitrogens is 2. The molecule has 5 unspecified atom stereocenters. The normalized spacial score (nSPS) is 31.9. The van der Waals surface area contributed by atoms with Crippen molar-refractivity contribution in [1.29, 1.82) is 0 Å². The summed E-state index contributed by atoms with van der Waals surface area (Å²) < 4.78 is 62.3. The largest absolute Gasteiger partial charge is 0.389 e. The maximum atomic E-state index is 14.3. The van der Waals surface area contributed by atoms with Gasteiger partial charge >= 0.3 is 23.8 Å². The van der Waals surface area contributed by atoms with Crippen LogP contribution in [0.5, 0.6) is 0 Å². The second-order valence-electron chi connectivity index (χ2n) is 31.7. The Labute approximate surface area is 646 Å². The highest BCUT2D eigenvalue weighted by molar-refractivity contribution is 7.73. The van der Waals surface area contributed by atoms with Crippen molar-refractivity contribution in [3.8, 4) is 0 Å². The minimum atomic E-state index is -1.54. The topological polar surface area (TPSA) is 375 Å². The van der Waals surface area contributed by atoms with Gasteiger partial charge in [0.2, 0.25) is 0 Å². The number of alkyl halides is 2. The van der Waals surface area contributed by atoms with Gasteiger partial charge in [-0.3, -0.25) is 18.7 Å². The number of aliphatic hydroxyl groups is 5. The molecule has 12 N–H and O–H groups in total. The number of carbonyl (C=O) groups excluding carboxylic acids is 4. The fourth-order valence-electron chi connectivity index (χ4n) is 12.9. The zero-order valence-corrected chi connectivity index (χ0v) is 70.5. The van der Waals surface area contributed by atoms with Crippen molar-refractivity contribution in [3.05, 3.63) is 130 Å². The van der Waals surface area contributed by atoms with E-state index in [-0.39, 0.29) is 41.8 Å². The Hall–Kier alpha value is -5.12. The van der Waals surface area contributed by atoms with Crippen LogP contribution in [0.4, 0.5) is 18.8 Å². The van der Waals surface area contributed by atoms with Crippen molar-refractivity contribution in [2.75, 3.05) is 119 Å². The van der Waals surface area contributed by atoms with Crippen LogP contribution >= 0.6 is 46.0 Å². The first-order valence-electron chi connectivity index (χ1n) is 35.5. The van der Waals surface area contributed by atoms with Crippen LogP contribution in [0, 0.1) is 0 Å². The van der Waals surface area contributed by atoms with Gasteiger partial charge in [0.1, 0.15) is 66.9 Å². The first kappa shape index (κ1) is 92.7. The second-order valence-corrected chi connectivity index (χ2v) is 53.8. The van der Waals surface area contributed by atoms with E-state index in [9.17, 15) is 58.7 Å². The van der Waals surface area contributed by atoms with Crippen molar-refractivity contribution in [3.63, 3.8) is 0 Å². The number of carbonyl (C=O) groups is 4. The number of aliphatic hydroxyl groups excluding tert-OH is 5. The molecule has 0 bridgehead atoms. The lowest BCUT2D eigenvalue weighted by atomic mass is 9.99. The number of urea groups is 3. The van der Waals surface area contributed by atoms with Crippen LogP contribution in [0.25, 0.3) is 0 Å². The molecule has 36 heteroatoms. The fraction of sp³-hybridized carbons (Fsp3) is 0.603. The molecule has 1 aromatic heterocycles. The lowest BCUT2D eigenvalue weighted by Crippen LogP contribution is -2.47. The quantitative estimate of drug-likeness (QED) is 0.0538. The second kappa shape index (κ2) is 39.3. The first-order valence-corrected chi connectivity index (χ1v) is 51.3. The first-order chi connectivity index (χ1) is 50.5. The third kappa shape index (κ3) is 26.2. The van der Waals surface area contributed by atoms with Crippen LogP contribution in [-0.2, 0) is 49.7 Å². The molecule has 0 aromatic carbocycles. The molecule has 5 saturated heterocycles. The monoisotopic (exact) mass is 1650 g/mol. The average molecular weight is 1650 g/mol. The van der Waals surface area contributed by atoms with Crippen molar-refractivity contribution in [1.82, 2.24) is 51.3 Å². The van der Waals surface area contributed by atoms with E-state index < -0.39 is 150 Å². The maximum Gasteiger partial charge on any atom is 0.332 e. The molecule has 0 saturated carbocycles. The number of amides is 7. The summed E-state index contributed by atoms with van der Waals surface area (Å²) >= 11 is 6.30. The van der Waals surface area contributed by atoms with Gasteiger partial charge in [0.05, 0.1) is 42.0 Å². The van der Waals surface area contributed by atoms with Gasteiger partial charge < -0.3 is 106 Å². The van der Waals surface area contributed by atoms with Crippen molar-refractivity contribution in [2.24, 2.45) is 7.05 Å². The van der Waals surface area contributed by atoms with Gasteiger partial charge in [-0.1, -0.05) is 26.3 Å². The molecule has 5 fully saturated rings. The molecule has 10 rings (SSSR count). The maximum absolute atomic E-state index is 14.3. The number of hydrogen-bond donors (Lipinski definition) is 12. The number of nitrogens with one attached hydrogen (secondary N) is 7. The summed E-state index contributed by atoms with van der Waals surface area (Å²) in [6.07, 6.45) is 25.1. The minimum absolute atomic E-state index is 0.228. The Morgan fingerprint density at radius 1 is 0.486 bits per heavy atom. The van der Waals surface area contributed by atoms with Gasteiger partial charge in [-0.25, -0.2) is 23.6 Å². The third-order valence-electron chi connectivity index (χ3n) is 19.1. The van der Waals surface area contributed by atoms with Gasteiger partial charge in [0.25, 0.3) is 11.5 Å². The standard InChI is InChI=1S/C15H25N2O5P.2C15H25N2O4P.C14H22ClN2O3P.C14H22FN2O3P/c1-16-11(18)6-8-17(15(16)20)14-13(21-2)12(19)10(22-14)7-9-23(3,4)5;1-10-16-12(18)6-8-17(10)15-14(20-2)13(19)11(21-15)7-9-22(3,4)5;1-9-10(8-16-15(19)17-9)13-14(20-2)12(18)11(21-13)6-7-22(3,4)5;2*1-8-9(7-16-14(19)17-8)13-11(15)12(18)10(20-13)5-6-21(2,3)4/h6,8,10,12-14,19H,3,7,9H2,1-2,4-5H3;6,8,11,13-15,19H,1,3,7,9H2,2,4-5H3,(H,16,18);8,11-14,18H,1,3,6-7H2,2,4-5H3,(H2,16,17,19);2*7,10-13,18H,1-2,5-6H2,3-4H3,(H2,16,17,19)/t10-,12-,13-,14?;11-,13-,14-,15?;11-,12-,13?,14-;2*10-,11-,12-,13?/m11111/s1. The molecule has 29 nitrogen and oxygen atoms in total. The molecule has 9 aliphatic heterocycles. The molecular weight excluding hydrogens is 1530 g/mol. The molecule has 7 amide bonds. The molecule has 0 aliphatic carbocycles. The van der Waals surface area contributed by atoms with Crippen LogP contribution in [-0.4, -0.2) is 329 Å². The number of hydrogen-bond acceptors (Lipinski definition) is 20. The number of rotatable bonds is 23. The van der Waals surface area contributed by atoms with E-state index in [4.69, 9.17) is 49.5 Å². The van der Waals surface area contributed by atoms with Gasteiger partial charge in [0.15, 0.2) is 18.6 Å². The van der Waals surface area contributed by atoms with Gasteiger partial charge in [-0.2, -0.15) is 0 Å². The van der Waals surface area contributed by atoms with Crippen LogP contribution < -0.4 is 48.5 Å². The van der Waals surface area contributed by atoms with Crippen molar-refractivity contribution in [2.45, 2.75) is 154 Å². The zero-order chi connectivity index (χ0) is 81.9. The minimum Gasteiger partial charge on any atom is -0.389 e. The molecular formula is C73H119ClFN10O19P5. The Morgan fingerprint density at radius 2 is 0.826 bits per heavy atom. The molecule has 109 heavy (non-hydrogen) atoms. The predicted molar refractivity (Wildman–Crippen MR) is 443 cm³/mol. The smallest absolute Gasteiger partial charge is 0.332 e. The summed E-state index contributed by atoms with van der Waals surface area (Å²) in [6.45, 7) is 30.5. The molecule has 9 aliphatic rings. The molecule has 614 valence electrons. The third-order valence-corrected chi connectivity index (χ3v) is 26.9. The summed E-state index contributed by atoms with van der Waals surface area (Å²) in [4.78, 5) is 70.4. The Kier molecular flexibility index (Phi) is 33.4.